The quantitative estimate of drug-likeness (QED) is 0.751. The van der Waals surface area contributed by atoms with Gasteiger partial charge in [-0.15, -0.1) is 0 Å². The summed E-state index contributed by atoms with van der Waals surface area (Å²) in [4.78, 5) is 24.5. The van der Waals surface area contributed by atoms with Gasteiger partial charge >= 0.3 is 12.0 Å². The molecule has 0 spiro atoms. The van der Waals surface area contributed by atoms with E-state index in [4.69, 9.17) is 18.9 Å². The third kappa shape index (κ3) is 3.84. The average molecular weight is 364 g/mol. The third-order valence-corrected chi connectivity index (χ3v) is 3.92. The molecule has 1 fully saturated rings. The molecule has 1 aliphatic rings. The number of carbonyl (C=O) groups excluding carboxylic acids is 2. The van der Waals surface area contributed by atoms with Crippen molar-refractivity contribution in [1.29, 1.82) is 0 Å². The molecule has 1 heterocycles. The van der Waals surface area contributed by atoms with Crippen molar-refractivity contribution in [3.63, 3.8) is 0 Å². The maximum atomic E-state index is 12.6. The van der Waals surface area contributed by atoms with Gasteiger partial charge in [0.25, 0.3) is 0 Å². The van der Waals surface area contributed by atoms with Gasteiger partial charge in [-0.25, -0.2) is 4.79 Å². The topological polar surface area (TPSA) is 95.1 Å². The molecule has 1 saturated heterocycles. The molecule has 142 valence electrons. The van der Waals surface area contributed by atoms with Crippen LogP contribution < -0.4 is 24.8 Å². The summed E-state index contributed by atoms with van der Waals surface area (Å²) in [6.07, 6.45) is -0.298. The Morgan fingerprint density at radius 2 is 1.69 bits per heavy atom. The second kappa shape index (κ2) is 7.99. The molecule has 2 amide bonds. The number of esters is 1. The number of benzene rings is 1. The van der Waals surface area contributed by atoms with Crippen LogP contribution in [-0.4, -0.2) is 39.4 Å². The van der Waals surface area contributed by atoms with Crippen LogP contribution >= 0.6 is 0 Å². The molecule has 2 atom stereocenters. The molecule has 8 nitrogen and oxygen atoms in total. The van der Waals surface area contributed by atoms with Crippen LogP contribution in [0, 0.1) is 5.92 Å². The number of hydrogen-bond acceptors (Lipinski definition) is 6. The third-order valence-electron chi connectivity index (χ3n) is 3.92. The molecule has 1 aromatic carbocycles. The zero-order valence-corrected chi connectivity index (χ0v) is 15.5. The number of amides is 2. The minimum Gasteiger partial charge on any atom is -0.493 e. The van der Waals surface area contributed by atoms with E-state index in [1.165, 1.54) is 21.3 Å². The lowest BCUT2D eigenvalue weighted by molar-refractivity contribution is -0.152. The van der Waals surface area contributed by atoms with Crippen molar-refractivity contribution in [1.82, 2.24) is 10.6 Å². The smallest absolute Gasteiger partial charge is 0.319 e. The van der Waals surface area contributed by atoms with E-state index in [9.17, 15) is 9.59 Å². The molecular weight excluding hydrogens is 340 g/mol. The summed E-state index contributed by atoms with van der Waals surface area (Å²) in [6, 6.07) is 2.21. The Labute approximate surface area is 152 Å². The highest BCUT2D eigenvalue weighted by atomic mass is 16.5. The van der Waals surface area contributed by atoms with Crippen LogP contribution in [0.4, 0.5) is 4.79 Å². The average Bonchev–Trinajstić information content (AvgIpc) is 2.58. The molecular formula is C18H24N2O6. The fourth-order valence-corrected chi connectivity index (χ4v) is 2.83. The van der Waals surface area contributed by atoms with Crippen LogP contribution in [0.1, 0.15) is 25.5 Å². The van der Waals surface area contributed by atoms with Crippen molar-refractivity contribution in [2.24, 2.45) is 5.92 Å². The first-order chi connectivity index (χ1) is 12.3. The van der Waals surface area contributed by atoms with Crippen LogP contribution in [0.3, 0.4) is 0 Å². The lowest BCUT2D eigenvalue weighted by Crippen LogP contribution is -2.51. The second-order valence-electron chi connectivity index (χ2n) is 6.02. The molecule has 0 bridgehead atoms. The first kappa shape index (κ1) is 19.4. The summed E-state index contributed by atoms with van der Waals surface area (Å²) < 4.78 is 21.3. The Morgan fingerprint density at radius 1 is 1.12 bits per heavy atom. The minimum atomic E-state index is -0.807. The normalized spacial score (nSPS) is 19.5. The van der Waals surface area contributed by atoms with Gasteiger partial charge < -0.3 is 29.6 Å². The molecule has 0 aliphatic carbocycles. The molecule has 1 aromatic rings. The Morgan fingerprint density at radius 3 is 2.15 bits per heavy atom. The Bertz CT molecular complexity index is 691. The first-order valence-electron chi connectivity index (χ1n) is 8.09. The number of rotatable bonds is 6. The summed E-state index contributed by atoms with van der Waals surface area (Å²) >= 11 is 0. The highest BCUT2D eigenvalue weighted by Crippen LogP contribution is 2.42. The van der Waals surface area contributed by atoms with E-state index in [-0.39, 0.29) is 11.8 Å². The number of carbonyl (C=O) groups is 2. The SMILES string of the molecule is C=C1NC(=O)NC(c2cc(OC)c(OC)c(OC)c2)C1C(=O)OC(C)C. The van der Waals surface area contributed by atoms with E-state index in [2.05, 4.69) is 17.2 Å². The van der Waals surface area contributed by atoms with Gasteiger partial charge in [-0.3, -0.25) is 4.79 Å². The Balaban J connectivity index is 2.52. The van der Waals surface area contributed by atoms with Gasteiger partial charge in [-0.05, 0) is 31.5 Å². The van der Waals surface area contributed by atoms with Gasteiger partial charge in [-0.2, -0.15) is 0 Å². The lowest BCUT2D eigenvalue weighted by Gasteiger charge is -2.34. The number of urea groups is 1. The van der Waals surface area contributed by atoms with Crippen LogP contribution in [0.2, 0.25) is 0 Å². The Kier molecular flexibility index (Phi) is 5.97. The molecule has 0 radical (unpaired) electrons. The maximum Gasteiger partial charge on any atom is 0.319 e. The van der Waals surface area contributed by atoms with E-state index in [1.807, 2.05) is 0 Å². The molecule has 2 rings (SSSR count). The fraction of sp³-hybridized carbons (Fsp3) is 0.444. The van der Waals surface area contributed by atoms with E-state index >= 15 is 0 Å². The van der Waals surface area contributed by atoms with Gasteiger partial charge in [0.15, 0.2) is 11.5 Å². The zero-order valence-electron chi connectivity index (χ0n) is 15.5. The van der Waals surface area contributed by atoms with Crippen molar-refractivity contribution in [3.05, 3.63) is 30.0 Å². The van der Waals surface area contributed by atoms with Gasteiger partial charge in [0, 0.05) is 5.70 Å². The van der Waals surface area contributed by atoms with Gasteiger partial charge in [0.2, 0.25) is 5.75 Å². The summed E-state index contributed by atoms with van der Waals surface area (Å²) in [5.41, 5.74) is 0.861. The molecule has 2 unspecified atom stereocenters. The van der Waals surface area contributed by atoms with Crippen molar-refractivity contribution in [2.75, 3.05) is 21.3 Å². The van der Waals surface area contributed by atoms with Gasteiger partial charge in [0.1, 0.15) is 5.92 Å². The number of methoxy groups -OCH3 is 3. The highest BCUT2D eigenvalue weighted by molar-refractivity contribution is 5.85. The largest absolute Gasteiger partial charge is 0.493 e. The van der Waals surface area contributed by atoms with Crippen LogP contribution in [-0.2, 0) is 9.53 Å². The Hall–Kier alpha value is -2.90. The highest BCUT2D eigenvalue weighted by Gasteiger charge is 2.40. The summed E-state index contributed by atoms with van der Waals surface area (Å²) in [7, 11) is 4.48. The second-order valence-corrected chi connectivity index (χ2v) is 6.02. The molecule has 0 saturated carbocycles. The van der Waals surface area contributed by atoms with Crippen molar-refractivity contribution in [3.8, 4) is 17.2 Å². The van der Waals surface area contributed by atoms with E-state index < -0.39 is 24.0 Å². The predicted molar refractivity (Wildman–Crippen MR) is 94.4 cm³/mol. The summed E-state index contributed by atoms with van der Waals surface area (Å²) in [5.74, 6) is -0.0549. The van der Waals surface area contributed by atoms with E-state index in [1.54, 1.807) is 26.0 Å². The van der Waals surface area contributed by atoms with Crippen LogP contribution in [0.5, 0.6) is 17.2 Å². The number of nitrogens with one attached hydrogen (secondary N) is 2. The van der Waals surface area contributed by atoms with Crippen molar-refractivity contribution in [2.45, 2.75) is 26.0 Å². The predicted octanol–water partition coefficient (Wildman–Crippen LogP) is 2.15. The summed E-state index contributed by atoms with van der Waals surface area (Å²) in [5, 5.41) is 5.27. The zero-order chi connectivity index (χ0) is 19.4. The minimum absolute atomic E-state index is 0.262. The maximum absolute atomic E-state index is 12.6. The monoisotopic (exact) mass is 364 g/mol. The van der Waals surface area contributed by atoms with Gasteiger partial charge in [0.05, 0.1) is 33.5 Å². The van der Waals surface area contributed by atoms with Crippen LogP contribution in [0.25, 0.3) is 0 Å². The van der Waals surface area contributed by atoms with Crippen molar-refractivity contribution < 1.29 is 28.5 Å². The lowest BCUT2D eigenvalue weighted by atomic mass is 9.88. The van der Waals surface area contributed by atoms with E-state index in [0.29, 0.717) is 22.8 Å². The summed E-state index contributed by atoms with van der Waals surface area (Å²) in [6.45, 7) is 7.32. The molecule has 0 aromatic heterocycles. The van der Waals surface area contributed by atoms with E-state index in [0.717, 1.165) is 0 Å². The number of ether oxygens (including phenoxy) is 4. The molecule has 26 heavy (non-hydrogen) atoms. The van der Waals surface area contributed by atoms with Crippen LogP contribution in [0.15, 0.2) is 24.4 Å². The fourth-order valence-electron chi connectivity index (χ4n) is 2.83. The molecule has 1 aliphatic heterocycles. The number of hydrogen-bond donors (Lipinski definition) is 2. The van der Waals surface area contributed by atoms with Gasteiger partial charge in [-0.1, -0.05) is 6.58 Å². The molecule has 8 heteroatoms. The first-order valence-corrected chi connectivity index (χ1v) is 8.09. The standard InChI is InChI=1S/C18H24N2O6/c1-9(2)26-17(21)14-10(3)19-18(22)20-15(14)11-7-12(23-4)16(25-6)13(8-11)24-5/h7-9,14-15H,3H2,1-2,4-6H3,(H2,19,20,22). The van der Waals surface area contributed by atoms with Crippen molar-refractivity contribution >= 4 is 12.0 Å². The molecule has 2 N–H and O–H groups in total.